The Bertz CT molecular complexity index is 1200. The van der Waals surface area contributed by atoms with Gasteiger partial charge in [-0.15, -0.1) is 23.2 Å². The van der Waals surface area contributed by atoms with Crippen LogP contribution in [0.3, 0.4) is 0 Å². The summed E-state index contributed by atoms with van der Waals surface area (Å²) in [6.45, 7) is 0. The van der Waals surface area contributed by atoms with Crippen LogP contribution in [0.1, 0.15) is 22.3 Å². The van der Waals surface area contributed by atoms with Crippen molar-refractivity contribution in [2.75, 3.05) is 4.90 Å². The van der Waals surface area contributed by atoms with Crippen LogP contribution in [0.15, 0.2) is 71.2 Å². The van der Waals surface area contributed by atoms with Gasteiger partial charge in [0, 0.05) is 4.47 Å². The largest absolute Gasteiger partial charge is 0.274 e. The van der Waals surface area contributed by atoms with Crippen molar-refractivity contribution in [3.05, 3.63) is 98.5 Å². The number of imide groups is 1. The molecule has 2 atom stereocenters. The first-order chi connectivity index (χ1) is 14.8. The molecule has 0 saturated carbocycles. The lowest BCUT2D eigenvalue weighted by Gasteiger charge is -2.54. The average Bonchev–Trinajstić information content (AvgIpc) is 3.04. The highest BCUT2D eigenvalue weighted by Gasteiger charge is 2.73. The molecule has 31 heavy (non-hydrogen) atoms. The Morgan fingerprint density at radius 2 is 1.16 bits per heavy atom. The molecular formula is C24H13BrCl3NO2. The molecule has 0 unspecified atom stereocenters. The van der Waals surface area contributed by atoms with E-state index in [4.69, 9.17) is 34.8 Å². The van der Waals surface area contributed by atoms with E-state index in [9.17, 15) is 9.59 Å². The van der Waals surface area contributed by atoms with Gasteiger partial charge in [-0.05, 0) is 40.5 Å². The number of rotatable bonds is 1. The summed E-state index contributed by atoms with van der Waals surface area (Å²) in [5.41, 5.74) is 3.43. The van der Waals surface area contributed by atoms with Crippen LogP contribution < -0.4 is 4.90 Å². The molecule has 7 rings (SSSR count). The van der Waals surface area contributed by atoms with Gasteiger partial charge in [-0.25, -0.2) is 4.90 Å². The summed E-state index contributed by atoms with van der Waals surface area (Å²) in [6.07, 6.45) is 0. The molecule has 3 aromatic carbocycles. The highest BCUT2D eigenvalue weighted by Crippen LogP contribution is 2.69. The predicted octanol–water partition coefficient (Wildman–Crippen LogP) is 6.20. The van der Waals surface area contributed by atoms with Gasteiger partial charge in [-0.1, -0.05) is 76.1 Å². The zero-order valence-electron chi connectivity index (χ0n) is 15.8. The van der Waals surface area contributed by atoms with Crippen molar-refractivity contribution in [2.45, 2.75) is 9.75 Å². The monoisotopic (exact) mass is 531 g/mol. The number of nitrogens with zero attached hydrogens (tertiary/aromatic N) is 1. The van der Waals surface area contributed by atoms with E-state index in [0.29, 0.717) is 10.7 Å². The maximum atomic E-state index is 13.8. The van der Waals surface area contributed by atoms with E-state index in [1.165, 1.54) is 0 Å². The molecular weight excluding hydrogens is 521 g/mol. The zero-order valence-corrected chi connectivity index (χ0v) is 19.6. The zero-order chi connectivity index (χ0) is 21.7. The lowest BCUT2D eigenvalue weighted by molar-refractivity contribution is -0.122. The van der Waals surface area contributed by atoms with E-state index < -0.39 is 21.6 Å². The molecule has 7 heteroatoms. The standard InChI is InChI=1S/C24H13BrCl3NO2/c25-12-9-10-18(17(26)11-12)29-21(30)19-20(22(29)31)24(28)14-6-2-1-5-13(14)23(19,27)15-7-3-4-8-16(15)24/h1-11,19-20H/t19-,20+,23?,24?. The van der Waals surface area contributed by atoms with Gasteiger partial charge in [-0.3, -0.25) is 9.59 Å². The van der Waals surface area contributed by atoms with E-state index in [0.717, 1.165) is 31.6 Å². The Kier molecular flexibility index (Phi) is 4.06. The summed E-state index contributed by atoms with van der Waals surface area (Å²) < 4.78 is 0.750. The number of halogens is 4. The van der Waals surface area contributed by atoms with Crippen molar-refractivity contribution in [3.8, 4) is 0 Å². The molecule has 1 fully saturated rings. The molecule has 154 valence electrons. The Balaban J connectivity index is 1.66. The minimum Gasteiger partial charge on any atom is -0.274 e. The predicted molar refractivity (Wildman–Crippen MR) is 125 cm³/mol. The van der Waals surface area contributed by atoms with Crippen LogP contribution in [-0.2, 0) is 19.3 Å². The second-order valence-electron chi connectivity index (χ2n) is 8.08. The Morgan fingerprint density at radius 3 is 1.55 bits per heavy atom. The maximum absolute atomic E-state index is 13.8. The van der Waals surface area contributed by atoms with Gasteiger partial charge in [0.15, 0.2) is 0 Å². The quantitative estimate of drug-likeness (QED) is 0.276. The van der Waals surface area contributed by atoms with Crippen LogP contribution in [0.5, 0.6) is 0 Å². The van der Waals surface area contributed by atoms with Gasteiger partial charge < -0.3 is 0 Å². The van der Waals surface area contributed by atoms with E-state index in [-0.39, 0.29) is 11.8 Å². The van der Waals surface area contributed by atoms with Gasteiger partial charge in [0.1, 0.15) is 9.75 Å². The first-order valence-electron chi connectivity index (χ1n) is 9.72. The Labute approximate surface area is 202 Å². The maximum Gasteiger partial charge on any atom is 0.240 e. The Hall–Kier alpha value is -1.85. The van der Waals surface area contributed by atoms with Gasteiger partial charge >= 0.3 is 0 Å². The van der Waals surface area contributed by atoms with Crippen LogP contribution >= 0.6 is 50.7 Å². The SMILES string of the molecule is O=C1[C@@H]2[C@H](C(=O)N1c1ccc(Br)cc1Cl)C1(Cl)c3ccccc3C2(Cl)c2ccccc21. The first kappa shape index (κ1) is 19.8. The van der Waals surface area contributed by atoms with E-state index in [2.05, 4.69) is 15.9 Å². The molecule has 2 amide bonds. The van der Waals surface area contributed by atoms with Crippen LogP contribution in [0.2, 0.25) is 5.02 Å². The van der Waals surface area contributed by atoms with Crippen LogP contribution in [0.4, 0.5) is 5.69 Å². The number of hydrogen-bond acceptors (Lipinski definition) is 2. The molecule has 4 aliphatic rings. The van der Waals surface area contributed by atoms with E-state index >= 15 is 0 Å². The average molecular weight is 534 g/mol. The number of alkyl halides is 2. The fourth-order valence-corrected chi connectivity index (χ4v) is 7.42. The van der Waals surface area contributed by atoms with Crippen molar-refractivity contribution < 1.29 is 9.59 Å². The molecule has 0 radical (unpaired) electrons. The van der Waals surface area contributed by atoms with Crippen LogP contribution in [-0.4, -0.2) is 11.8 Å². The highest BCUT2D eigenvalue weighted by molar-refractivity contribution is 9.10. The number of carbonyl (C=O) groups is 2. The second-order valence-corrected chi connectivity index (χ2v) is 10.6. The molecule has 1 aliphatic heterocycles. The summed E-state index contributed by atoms with van der Waals surface area (Å²) in [7, 11) is 0. The molecule has 3 aromatic rings. The summed E-state index contributed by atoms with van der Waals surface area (Å²) in [4.78, 5) is 26.4. The highest BCUT2D eigenvalue weighted by atomic mass is 79.9. The van der Waals surface area contributed by atoms with Crippen LogP contribution in [0.25, 0.3) is 0 Å². The molecule has 3 nitrogen and oxygen atoms in total. The topological polar surface area (TPSA) is 37.4 Å². The summed E-state index contributed by atoms with van der Waals surface area (Å²) >= 11 is 24.6. The summed E-state index contributed by atoms with van der Waals surface area (Å²) in [5, 5.41) is 0.296. The third kappa shape index (κ3) is 2.22. The van der Waals surface area contributed by atoms with E-state index in [1.54, 1.807) is 18.2 Å². The normalized spacial score (nSPS) is 30.3. The lowest BCUT2D eigenvalue weighted by Crippen LogP contribution is -2.57. The van der Waals surface area contributed by atoms with Crippen molar-refractivity contribution in [2.24, 2.45) is 11.8 Å². The van der Waals surface area contributed by atoms with Crippen molar-refractivity contribution in [1.29, 1.82) is 0 Å². The minimum absolute atomic E-state index is 0.296. The molecule has 0 N–H and O–H groups in total. The smallest absolute Gasteiger partial charge is 0.240 e. The number of hydrogen-bond donors (Lipinski definition) is 0. The number of benzene rings is 3. The molecule has 0 aromatic heterocycles. The van der Waals surface area contributed by atoms with Gasteiger partial charge in [0.2, 0.25) is 11.8 Å². The number of amides is 2. The lowest BCUT2D eigenvalue weighted by atomic mass is 9.54. The fraction of sp³-hybridized carbons (Fsp3) is 0.167. The summed E-state index contributed by atoms with van der Waals surface area (Å²) in [5.74, 6) is -2.46. The number of anilines is 1. The van der Waals surface area contributed by atoms with Crippen molar-refractivity contribution in [3.63, 3.8) is 0 Å². The van der Waals surface area contributed by atoms with Gasteiger partial charge in [-0.2, -0.15) is 0 Å². The third-order valence-corrected chi connectivity index (χ3v) is 8.82. The van der Waals surface area contributed by atoms with E-state index in [1.807, 2.05) is 48.5 Å². The molecule has 3 aliphatic carbocycles. The van der Waals surface area contributed by atoms with Gasteiger partial charge in [0.25, 0.3) is 0 Å². The molecule has 1 heterocycles. The minimum atomic E-state index is -1.20. The van der Waals surface area contributed by atoms with Gasteiger partial charge in [0.05, 0.1) is 22.5 Å². The molecule has 0 spiro atoms. The second kappa shape index (κ2) is 6.35. The Morgan fingerprint density at radius 1 is 0.742 bits per heavy atom. The fourth-order valence-electron chi connectivity index (χ4n) is 5.57. The van der Waals surface area contributed by atoms with Crippen LogP contribution in [0, 0.1) is 11.8 Å². The van der Waals surface area contributed by atoms with Crippen molar-refractivity contribution in [1.82, 2.24) is 0 Å². The molecule has 2 bridgehead atoms. The third-order valence-electron chi connectivity index (χ3n) is 6.74. The number of carbonyl (C=O) groups excluding carboxylic acids is 2. The first-order valence-corrected chi connectivity index (χ1v) is 11.6. The summed E-state index contributed by atoms with van der Waals surface area (Å²) in [6, 6.07) is 20.2. The molecule has 1 saturated heterocycles. The van der Waals surface area contributed by atoms with Crippen molar-refractivity contribution >= 4 is 68.2 Å².